The minimum atomic E-state index is 0.0240. The van der Waals surface area contributed by atoms with E-state index in [0.29, 0.717) is 31.0 Å². The van der Waals surface area contributed by atoms with Gasteiger partial charge < -0.3 is 9.64 Å². The van der Waals surface area contributed by atoms with Gasteiger partial charge in [-0.2, -0.15) is 5.26 Å². The van der Waals surface area contributed by atoms with Gasteiger partial charge in [-0.05, 0) is 25.0 Å². The predicted molar refractivity (Wildman–Crippen MR) is 96.4 cm³/mol. The van der Waals surface area contributed by atoms with Crippen LogP contribution >= 0.6 is 0 Å². The molecule has 0 spiro atoms. The van der Waals surface area contributed by atoms with Gasteiger partial charge in [0.2, 0.25) is 0 Å². The quantitative estimate of drug-likeness (QED) is 0.855. The molecule has 0 radical (unpaired) electrons. The van der Waals surface area contributed by atoms with Crippen LogP contribution in [-0.2, 0) is 13.0 Å². The van der Waals surface area contributed by atoms with Crippen LogP contribution in [0.1, 0.15) is 48.0 Å². The number of rotatable bonds is 4. The van der Waals surface area contributed by atoms with Gasteiger partial charge in [0.25, 0.3) is 5.91 Å². The molecule has 0 saturated heterocycles. The number of pyridine rings is 1. The maximum Gasteiger partial charge on any atom is 0.254 e. The maximum atomic E-state index is 12.6. The minimum absolute atomic E-state index is 0.0240. The van der Waals surface area contributed by atoms with Gasteiger partial charge in [-0.3, -0.25) is 9.78 Å². The van der Waals surface area contributed by atoms with E-state index < -0.39 is 0 Å². The lowest BCUT2D eigenvalue weighted by atomic mass is 9.99. The summed E-state index contributed by atoms with van der Waals surface area (Å²) in [6, 6.07) is 11.5. The number of fused-ring (bicyclic) bond motifs is 1. The Morgan fingerprint density at radius 1 is 1.32 bits per heavy atom. The molecule has 2 heterocycles. The van der Waals surface area contributed by atoms with Gasteiger partial charge in [0.15, 0.2) is 0 Å². The van der Waals surface area contributed by atoms with E-state index in [1.807, 2.05) is 45.0 Å². The molecular formula is C20H23N3O2. The van der Waals surface area contributed by atoms with Gasteiger partial charge >= 0.3 is 0 Å². The second-order valence-corrected chi connectivity index (χ2v) is 5.35. The number of amides is 1. The van der Waals surface area contributed by atoms with Crippen LogP contribution in [0.4, 0.5) is 0 Å². The first-order valence-corrected chi connectivity index (χ1v) is 8.62. The Morgan fingerprint density at radius 2 is 2.08 bits per heavy atom. The number of carbonyl (C=O) groups is 1. The van der Waals surface area contributed by atoms with E-state index in [1.54, 1.807) is 11.0 Å². The topological polar surface area (TPSA) is 66.2 Å². The predicted octanol–water partition coefficient (Wildman–Crippen LogP) is 3.58. The van der Waals surface area contributed by atoms with E-state index in [1.165, 1.54) is 6.20 Å². The number of hydrogen-bond donors (Lipinski definition) is 0. The summed E-state index contributed by atoms with van der Waals surface area (Å²) in [5, 5.41) is 9.07. The minimum Gasteiger partial charge on any atom is -0.492 e. The molecule has 1 aromatic carbocycles. The van der Waals surface area contributed by atoms with Crippen LogP contribution in [0.3, 0.4) is 0 Å². The van der Waals surface area contributed by atoms with Crippen LogP contribution in [0.15, 0.2) is 36.5 Å². The Morgan fingerprint density at radius 3 is 2.80 bits per heavy atom. The molecule has 0 unspecified atom stereocenters. The second-order valence-electron chi connectivity index (χ2n) is 5.35. The van der Waals surface area contributed by atoms with Crippen molar-refractivity contribution < 1.29 is 9.53 Å². The molecule has 2 aromatic rings. The van der Waals surface area contributed by atoms with E-state index in [2.05, 4.69) is 11.1 Å². The average molecular weight is 337 g/mol. The molecule has 130 valence electrons. The number of carbonyl (C=O) groups excluding carboxylic acids is 1. The zero-order valence-corrected chi connectivity index (χ0v) is 15.0. The molecule has 5 heteroatoms. The molecule has 0 N–H and O–H groups in total. The highest BCUT2D eigenvalue weighted by molar-refractivity contribution is 5.96. The lowest BCUT2D eigenvalue weighted by molar-refractivity contribution is 0.0724. The molecule has 1 aromatic heterocycles. The van der Waals surface area contributed by atoms with E-state index >= 15 is 0 Å². The number of ether oxygens (including phenoxy) is 1. The summed E-state index contributed by atoms with van der Waals surface area (Å²) in [5.41, 5.74) is 2.99. The summed E-state index contributed by atoms with van der Waals surface area (Å²) in [6.07, 6.45) is 2.35. The molecule has 3 rings (SSSR count). The monoisotopic (exact) mass is 337 g/mol. The Kier molecular flexibility index (Phi) is 6.53. The standard InChI is InChI=1S/C18H17N3O2.C2H6/c1-2-23-17-9-15(20-11-14(17)10-19)12-21-8-7-13-5-3-4-6-16(13)18(21)22;1-2/h3-6,9,11H,2,7-8,12H2,1H3;1-2H3. The molecule has 0 aliphatic carbocycles. The van der Waals surface area contributed by atoms with Crippen LogP contribution in [0, 0.1) is 11.3 Å². The lowest BCUT2D eigenvalue weighted by Gasteiger charge is -2.28. The van der Waals surface area contributed by atoms with E-state index in [4.69, 9.17) is 10.00 Å². The number of hydrogen-bond acceptors (Lipinski definition) is 4. The molecule has 1 amide bonds. The molecule has 0 fully saturated rings. The van der Waals surface area contributed by atoms with Gasteiger partial charge in [-0.1, -0.05) is 32.0 Å². The first kappa shape index (κ1) is 18.5. The second kappa shape index (κ2) is 8.84. The zero-order chi connectivity index (χ0) is 18.2. The normalized spacial score (nSPS) is 12.6. The van der Waals surface area contributed by atoms with Crippen molar-refractivity contribution in [3.63, 3.8) is 0 Å². The number of nitriles is 1. The Labute approximate surface area is 148 Å². The van der Waals surface area contributed by atoms with Crippen molar-refractivity contribution in [1.29, 1.82) is 5.26 Å². The third kappa shape index (κ3) is 4.16. The summed E-state index contributed by atoms with van der Waals surface area (Å²) in [6.45, 7) is 7.43. The summed E-state index contributed by atoms with van der Waals surface area (Å²) < 4.78 is 5.47. The largest absolute Gasteiger partial charge is 0.492 e. The summed E-state index contributed by atoms with van der Waals surface area (Å²) >= 11 is 0. The zero-order valence-electron chi connectivity index (χ0n) is 15.0. The van der Waals surface area contributed by atoms with Crippen LogP contribution in [-0.4, -0.2) is 28.9 Å². The van der Waals surface area contributed by atoms with Gasteiger partial charge in [0.1, 0.15) is 17.4 Å². The SMILES string of the molecule is CC.CCOc1cc(CN2CCc3ccccc3C2=O)ncc1C#N. The van der Waals surface area contributed by atoms with Gasteiger partial charge in [-0.25, -0.2) is 0 Å². The molecule has 0 bridgehead atoms. The van der Waals surface area contributed by atoms with E-state index in [9.17, 15) is 4.79 Å². The average Bonchev–Trinajstić information content (AvgIpc) is 2.66. The fourth-order valence-corrected chi connectivity index (χ4v) is 2.74. The summed E-state index contributed by atoms with van der Waals surface area (Å²) in [7, 11) is 0. The molecule has 0 atom stereocenters. The summed E-state index contributed by atoms with van der Waals surface area (Å²) in [5.74, 6) is 0.542. The maximum absolute atomic E-state index is 12.6. The van der Waals surface area contributed by atoms with E-state index in [0.717, 1.165) is 23.2 Å². The van der Waals surface area contributed by atoms with Crippen molar-refractivity contribution in [3.8, 4) is 11.8 Å². The Hall–Kier alpha value is -2.87. The molecule has 1 aliphatic rings. The Bertz CT molecular complexity index is 781. The van der Waals surface area contributed by atoms with Gasteiger partial charge in [0.05, 0.1) is 18.8 Å². The molecule has 25 heavy (non-hydrogen) atoms. The molecule has 0 saturated carbocycles. The van der Waals surface area contributed by atoms with Crippen LogP contribution in [0.25, 0.3) is 0 Å². The highest BCUT2D eigenvalue weighted by Crippen LogP contribution is 2.22. The van der Waals surface area contributed by atoms with Crippen molar-refractivity contribution in [2.75, 3.05) is 13.2 Å². The van der Waals surface area contributed by atoms with Crippen molar-refractivity contribution in [2.24, 2.45) is 0 Å². The van der Waals surface area contributed by atoms with Gasteiger partial charge in [0, 0.05) is 24.4 Å². The number of benzene rings is 1. The molecule has 5 nitrogen and oxygen atoms in total. The van der Waals surface area contributed by atoms with Crippen molar-refractivity contribution in [1.82, 2.24) is 9.88 Å². The fraction of sp³-hybridized carbons (Fsp3) is 0.350. The van der Waals surface area contributed by atoms with Crippen LogP contribution in [0.2, 0.25) is 0 Å². The third-order valence-electron chi connectivity index (χ3n) is 3.88. The highest BCUT2D eigenvalue weighted by Gasteiger charge is 2.24. The molecule has 1 aliphatic heterocycles. The highest BCUT2D eigenvalue weighted by atomic mass is 16.5. The number of nitrogens with zero attached hydrogens (tertiary/aromatic N) is 3. The Balaban J connectivity index is 0.00000109. The summed E-state index contributed by atoms with van der Waals surface area (Å²) in [4.78, 5) is 18.6. The third-order valence-corrected chi connectivity index (χ3v) is 3.88. The lowest BCUT2D eigenvalue weighted by Crippen LogP contribution is -2.37. The van der Waals surface area contributed by atoms with Gasteiger partial charge in [-0.15, -0.1) is 0 Å². The smallest absolute Gasteiger partial charge is 0.254 e. The first-order chi connectivity index (χ1) is 12.2. The molecular weight excluding hydrogens is 314 g/mol. The van der Waals surface area contributed by atoms with Crippen molar-refractivity contribution in [2.45, 2.75) is 33.7 Å². The van der Waals surface area contributed by atoms with Crippen molar-refractivity contribution >= 4 is 5.91 Å². The van der Waals surface area contributed by atoms with Crippen molar-refractivity contribution in [3.05, 3.63) is 58.9 Å². The first-order valence-electron chi connectivity index (χ1n) is 8.62. The fourth-order valence-electron chi connectivity index (χ4n) is 2.74. The van der Waals surface area contributed by atoms with Crippen LogP contribution < -0.4 is 4.74 Å². The van der Waals surface area contributed by atoms with E-state index in [-0.39, 0.29) is 5.91 Å². The number of aromatic nitrogens is 1. The van der Waals surface area contributed by atoms with Crippen LogP contribution in [0.5, 0.6) is 5.75 Å².